The molecule has 0 bridgehead atoms. The summed E-state index contributed by atoms with van der Waals surface area (Å²) >= 11 is 0. The van der Waals surface area contributed by atoms with Gasteiger partial charge in [0.25, 0.3) is 0 Å². The van der Waals surface area contributed by atoms with Crippen molar-refractivity contribution in [2.24, 2.45) is 29.6 Å². The van der Waals surface area contributed by atoms with Crippen molar-refractivity contribution in [1.29, 1.82) is 0 Å². The molecule has 1 rings (SSSR count). The highest BCUT2D eigenvalue weighted by atomic mass is 16.3. The number of hydrogen-bond donors (Lipinski definition) is 1. The SMILES string of the molecule is CC(C)CCC(=O)[C@@]1(O)C(=O)C(C(=O)CC(C)C)C(=O)[C@H]1CCC(C)C. The molecule has 0 amide bonds. The second kappa shape index (κ2) is 9.03. The molecule has 5 heteroatoms. The number of carbonyl (C=O) groups is 4. The number of Topliss-reactive ketones (excluding diaryl/α,β-unsaturated/α-hetero) is 4. The molecule has 3 atom stereocenters. The zero-order valence-corrected chi connectivity index (χ0v) is 17.0. The van der Waals surface area contributed by atoms with Gasteiger partial charge < -0.3 is 5.11 Å². The van der Waals surface area contributed by atoms with E-state index in [1.807, 2.05) is 41.5 Å². The van der Waals surface area contributed by atoms with Crippen LogP contribution in [-0.4, -0.2) is 33.8 Å². The monoisotopic (exact) mass is 366 g/mol. The summed E-state index contributed by atoms with van der Waals surface area (Å²) in [6.07, 6.45) is 1.52. The van der Waals surface area contributed by atoms with Crippen LogP contribution in [0.5, 0.6) is 0 Å². The highest BCUT2D eigenvalue weighted by Crippen LogP contribution is 2.40. The van der Waals surface area contributed by atoms with Crippen molar-refractivity contribution in [3.63, 3.8) is 0 Å². The van der Waals surface area contributed by atoms with Crippen molar-refractivity contribution in [3.8, 4) is 0 Å². The highest BCUT2D eigenvalue weighted by molar-refractivity contribution is 6.33. The molecule has 1 unspecified atom stereocenters. The minimum Gasteiger partial charge on any atom is -0.374 e. The van der Waals surface area contributed by atoms with Crippen LogP contribution in [0.2, 0.25) is 0 Å². The Bertz CT molecular complexity index is 561. The Kier molecular flexibility index (Phi) is 7.87. The third-order valence-corrected chi connectivity index (χ3v) is 5.11. The van der Waals surface area contributed by atoms with Gasteiger partial charge in [0.2, 0.25) is 0 Å². The predicted octanol–water partition coefficient (Wildman–Crippen LogP) is 3.16. The van der Waals surface area contributed by atoms with Gasteiger partial charge in [0.1, 0.15) is 5.92 Å². The van der Waals surface area contributed by atoms with Gasteiger partial charge >= 0.3 is 0 Å². The second-order valence-corrected chi connectivity index (χ2v) is 8.91. The molecule has 1 saturated carbocycles. The van der Waals surface area contributed by atoms with E-state index in [9.17, 15) is 24.3 Å². The molecular weight excluding hydrogens is 332 g/mol. The van der Waals surface area contributed by atoms with Gasteiger partial charge in [0.15, 0.2) is 28.7 Å². The summed E-state index contributed by atoms with van der Waals surface area (Å²) in [5.41, 5.74) is -2.34. The van der Waals surface area contributed by atoms with Crippen LogP contribution in [-0.2, 0) is 19.2 Å². The van der Waals surface area contributed by atoms with Gasteiger partial charge in [-0.3, -0.25) is 19.2 Å². The first kappa shape index (κ1) is 22.7. The smallest absolute Gasteiger partial charge is 0.192 e. The fraction of sp³-hybridized carbons (Fsp3) is 0.810. The van der Waals surface area contributed by atoms with Crippen molar-refractivity contribution in [3.05, 3.63) is 0 Å². The third kappa shape index (κ3) is 4.87. The lowest BCUT2D eigenvalue weighted by atomic mass is 9.79. The number of ketones is 4. The molecule has 0 saturated heterocycles. The van der Waals surface area contributed by atoms with Gasteiger partial charge in [-0.15, -0.1) is 0 Å². The average Bonchev–Trinajstić information content (AvgIpc) is 2.69. The van der Waals surface area contributed by atoms with Crippen LogP contribution in [0.4, 0.5) is 0 Å². The minimum atomic E-state index is -2.34. The first-order valence-corrected chi connectivity index (χ1v) is 9.79. The van der Waals surface area contributed by atoms with Gasteiger partial charge in [-0.1, -0.05) is 48.0 Å². The topological polar surface area (TPSA) is 88.5 Å². The Labute approximate surface area is 156 Å². The fourth-order valence-electron chi connectivity index (χ4n) is 3.55. The summed E-state index contributed by atoms with van der Waals surface area (Å²) in [5.74, 6) is -4.63. The molecule has 0 aromatic carbocycles. The summed E-state index contributed by atoms with van der Waals surface area (Å²) in [5, 5.41) is 11.1. The van der Waals surface area contributed by atoms with E-state index in [0.717, 1.165) is 0 Å². The van der Waals surface area contributed by atoms with Crippen LogP contribution >= 0.6 is 0 Å². The number of aliphatic hydroxyl groups is 1. The Balaban J connectivity index is 3.19. The van der Waals surface area contributed by atoms with Crippen molar-refractivity contribution in [2.45, 2.75) is 79.2 Å². The number of carbonyl (C=O) groups excluding carboxylic acids is 4. The van der Waals surface area contributed by atoms with Crippen molar-refractivity contribution >= 4 is 23.1 Å². The zero-order chi connectivity index (χ0) is 20.2. The number of hydrogen-bond acceptors (Lipinski definition) is 5. The molecule has 1 aliphatic rings. The van der Waals surface area contributed by atoms with E-state index in [4.69, 9.17) is 0 Å². The number of rotatable bonds is 10. The van der Waals surface area contributed by atoms with Crippen LogP contribution in [0.3, 0.4) is 0 Å². The van der Waals surface area contributed by atoms with Crippen molar-refractivity contribution in [2.75, 3.05) is 0 Å². The maximum atomic E-state index is 12.9. The Morgan fingerprint density at radius 3 is 1.96 bits per heavy atom. The quantitative estimate of drug-likeness (QED) is 0.600. The van der Waals surface area contributed by atoms with Crippen molar-refractivity contribution < 1.29 is 24.3 Å². The summed E-state index contributed by atoms with van der Waals surface area (Å²) in [6.45, 7) is 11.5. The minimum absolute atomic E-state index is 0.00236. The Morgan fingerprint density at radius 2 is 1.50 bits per heavy atom. The van der Waals surface area contributed by atoms with E-state index < -0.39 is 40.6 Å². The molecule has 0 aliphatic heterocycles. The molecule has 0 aromatic rings. The summed E-state index contributed by atoms with van der Waals surface area (Å²) in [7, 11) is 0. The second-order valence-electron chi connectivity index (χ2n) is 8.91. The van der Waals surface area contributed by atoms with E-state index in [0.29, 0.717) is 12.8 Å². The molecule has 26 heavy (non-hydrogen) atoms. The van der Waals surface area contributed by atoms with E-state index in [-0.39, 0.29) is 37.0 Å². The van der Waals surface area contributed by atoms with Gasteiger partial charge in [0.05, 0.1) is 5.92 Å². The summed E-state index contributed by atoms with van der Waals surface area (Å²) in [4.78, 5) is 51.0. The van der Waals surface area contributed by atoms with Gasteiger partial charge in [0, 0.05) is 12.8 Å². The first-order chi connectivity index (χ1) is 11.9. The van der Waals surface area contributed by atoms with E-state index in [1.54, 1.807) is 0 Å². The molecule has 1 N–H and O–H groups in total. The largest absolute Gasteiger partial charge is 0.374 e. The average molecular weight is 366 g/mol. The standard InChI is InChI=1S/C21H34O5/c1-12(2)7-9-15-19(24)18(16(22)11-14(5)6)20(25)21(15,26)17(23)10-8-13(3)4/h12-15,18,26H,7-11H2,1-6H3/t15-,18?,21-/m1/s1. The normalized spacial score (nSPS) is 26.4. The van der Waals surface area contributed by atoms with E-state index >= 15 is 0 Å². The van der Waals surface area contributed by atoms with Crippen LogP contribution in [0, 0.1) is 29.6 Å². The predicted molar refractivity (Wildman–Crippen MR) is 99.6 cm³/mol. The van der Waals surface area contributed by atoms with Crippen LogP contribution in [0.15, 0.2) is 0 Å². The maximum Gasteiger partial charge on any atom is 0.192 e. The lowest BCUT2D eigenvalue weighted by Crippen LogP contribution is -2.50. The maximum absolute atomic E-state index is 12.9. The van der Waals surface area contributed by atoms with Gasteiger partial charge in [-0.25, -0.2) is 0 Å². The van der Waals surface area contributed by atoms with E-state index in [2.05, 4.69) is 0 Å². The Hall–Kier alpha value is -1.36. The van der Waals surface area contributed by atoms with E-state index in [1.165, 1.54) is 0 Å². The molecule has 0 radical (unpaired) electrons. The molecule has 1 fully saturated rings. The fourth-order valence-corrected chi connectivity index (χ4v) is 3.55. The molecular formula is C21H34O5. The molecule has 5 nitrogen and oxygen atoms in total. The molecule has 1 aliphatic carbocycles. The zero-order valence-electron chi connectivity index (χ0n) is 17.0. The first-order valence-electron chi connectivity index (χ1n) is 9.79. The molecule has 148 valence electrons. The van der Waals surface area contributed by atoms with Crippen LogP contribution in [0.1, 0.15) is 73.6 Å². The molecule has 0 heterocycles. The summed E-state index contributed by atoms with van der Waals surface area (Å²) < 4.78 is 0. The van der Waals surface area contributed by atoms with Crippen molar-refractivity contribution in [1.82, 2.24) is 0 Å². The third-order valence-electron chi connectivity index (χ3n) is 5.11. The summed E-state index contributed by atoms with van der Waals surface area (Å²) in [6, 6.07) is 0. The molecule has 0 aromatic heterocycles. The van der Waals surface area contributed by atoms with Gasteiger partial charge in [-0.2, -0.15) is 0 Å². The lowest BCUT2D eigenvalue weighted by molar-refractivity contribution is -0.154. The van der Waals surface area contributed by atoms with Gasteiger partial charge in [-0.05, 0) is 30.6 Å². The lowest BCUT2D eigenvalue weighted by Gasteiger charge is -2.26. The van der Waals surface area contributed by atoms with Crippen LogP contribution in [0.25, 0.3) is 0 Å². The van der Waals surface area contributed by atoms with Crippen LogP contribution < -0.4 is 0 Å². The molecule has 0 spiro atoms. The Morgan fingerprint density at radius 1 is 0.962 bits per heavy atom. The highest BCUT2D eigenvalue weighted by Gasteiger charge is 2.64.